The molecule has 1 heterocycles. The number of amides is 1. The van der Waals surface area contributed by atoms with Crippen molar-refractivity contribution in [1.29, 1.82) is 0 Å². The number of thioether (sulfide) groups is 1. The fourth-order valence-corrected chi connectivity index (χ4v) is 4.08. The number of nitrogens with one attached hydrogen (secondary N) is 3. The molecule has 8 heteroatoms. The van der Waals surface area contributed by atoms with Crippen LogP contribution in [-0.2, 0) is 4.79 Å². The number of halogens is 1. The molecule has 5 nitrogen and oxygen atoms in total. The SMILES string of the molecule is CCC(Sc1cccc(NC(=S)Nc2ccc(C)cc2)c1)C(=O)Nc1ccc(Cl)cn1. The average molecular weight is 471 g/mol. The number of aromatic nitrogens is 1. The van der Waals surface area contributed by atoms with Crippen LogP contribution in [0.5, 0.6) is 0 Å². The molecule has 0 saturated heterocycles. The van der Waals surface area contributed by atoms with E-state index in [-0.39, 0.29) is 11.2 Å². The molecule has 0 aliphatic heterocycles. The van der Waals surface area contributed by atoms with Gasteiger partial charge in [0, 0.05) is 22.5 Å². The molecular weight excluding hydrogens is 448 g/mol. The van der Waals surface area contributed by atoms with E-state index in [0.717, 1.165) is 16.3 Å². The maximum atomic E-state index is 12.7. The summed E-state index contributed by atoms with van der Waals surface area (Å²) in [5.74, 6) is 0.383. The quantitative estimate of drug-likeness (QED) is 0.275. The molecule has 1 amide bonds. The molecule has 0 bridgehead atoms. The molecule has 1 atom stereocenters. The molecule has 0 saturated carbocycles. The van der Waals surface area contributed by atoms with Crippen molar-refractivity contribution in [2.24, 2.45) is 0 Å². The standard InChI is InChI=1S/C23H23ClN4OS2/c1-3-20(22(29)28-21-12-9-16(24)14-25-21)31-19-6-4-5-18(13-19)27-23(30)26-17-10-7-15(2)8-11-17/h4-14,20H,3H2,1-2H3,(H,25,28,29)(H2,26,27,30). The molecule has 3 aromatic rings. The Bertz CT molecular complexity index is 1040. The Labute approximate surface area is 197 Å². The maximum absolute atomic E-state index is 12.7. The second kappa shape index (κ2) is 11.1. The predicted octanol–water partition coefficient (Wildman–Crippen LogP) is 6.36. The minimum Gasteiger partial charge on any atom is -0.332 e. The highest BCUT2D eigenvalue weighted by atomic mass is 35.5. The number of rotatable bonds is 7. The summed E-state index contributed by atoms with van der Waals surface area (Å²) in [6.45, 7) is 4.02. The van der Waals surface area contributed by atoms with Crippen LogP contribution in [-0.4, -0.2) is 21.3 Å². The number of carbonyl (C=O) groups is 1. The zero-order valence-electron chi connectivity index (χ0n) is 17.2. The van der Waals surface area contributed by atoms with E-state index in [1.807, 2.05) is 62.4 Å². The normalized spacial score (nSPS) is 11.5. The Morgan fingerprint density at radius 1 is 1.06 bits per heavy atom. The third kappa shape index (κ3) is 7.24. The van der Waals surface area contributed by atoms with Gasteiger partial charge in [0.25, 0.3) is 0 Å². The lowest BCUT2D eigenvalue weighted by Gasteiger charge is -2.16. The Hall–Kier alpha value is -2.61. The minimum atomic E-state index is -0.259. The summed E-state index contributed by atoms with van der Waals surface area (Å²) in [4.78, 5) is 17.8. The number of carbonyl (C=O) groups excluding carboxylic acids is 1. The fraction of sp³-hybridized carbons (Fsp3) is 0.174. The van der Waals surface area contributed by atoms with Crippen molar-refractivity contribution in [2.75, 3.05) is 16.0 Å². The number of nitrogens with zero attached hydrogens (tertiary/aromatic N) is 1. The van der Waals surface area contributed by atoms with Crippen LogP contribution in [0.4, 0.5) is 17.2 Å². The number of anilines is 3. The molecule has 0 radical (unpaired) electrons. The van der Waals surface area contributed by atoms with Crippen LogP contribution in [0, 0.1) is 6.92 Å². The Morgan fingerprint density at radius 3 is 2.48 bits per heavy atom. The van der Waals surface area contributed by atoms with Gasteiger partial charge in [0.1, 0.15) is 5.82 Å². The summed E-state index contributed by atoms with van der Waals surface area (Å²) in [7, 11) is 0. The van der Waals surface area contributed by atoms with Gasteiger partial charge in [0.15, 0.2) is 5.11 Å². The maximum Gasteiger partial charge on any atom is 0.239 e. The zero-order chi connectivity index (χ0) is 22.2. The largest absolute Gasteiger partial charge is 0.332 e. The molecule has 3 rings (SSSR count). The number of pyridine rings is 1. The Morgan fingerprint density at radius 2 is 1.81 bits per heavy atom. The first-order valence-corrected chi connectivity index (χ1v) is 11.4. The van der Waals surface area contributed by atoms with Crippen LogP contribution >= 0.6 is 35.6 Å². The van der Waals surface area contributed by atoms with Crippen molar-refractivity contribution in [1.82, 2.24) is 4.98 Å². The van der Waals surface area contributed by atoms with Crippen molar-refractivity contribution in [3.05, 3.63) is 77.4 Å². The van der Waals surface area contributed by atoms with Crippen LogP contribution in [0.3, 0.4) is 0 Å². The Balaban J connectivity index is 1.60. The van der Waals surface area contributed by atoms with Gasteiger partial charge in [0.2, 0.25) is 5.91 Å². The Kier molecular flexibility index (Phi) is 8.28. The monoisotopic (exact) mass is 470 g/mol. The van der Waals surface area contributed by atoms with Gasteiger partial charge in [-0.3, -0.25) is 4.79 Å². The van der Waals surface area contributed by atoms with Gasteiger partial charge < -0.3 is 16.0 Å². The van der Waals surface area contributed by atoms with E-state index in [4.69, 9.17) is 23.8 Å². The summed E-state index contributed by atoms with van der Waals surface area (Å²) in [5.41, 5.74) is 2.96. The average Bonchev–Trinajstić information content (AvgIpc) is 2.75. The van der Waals surface area contributed by atoms with Gasteiger partial charge in [-0.2, -0.15) is 0 Å². The van der Waals surface area contributed by atoms with Crippen LogP contribution in [0.25, 0.3) is 0 Å². The highest BCUT2D eigenvalue weighted by Gasteiger charge is 2.18. The molecular formula is C23H23ClN4OS2. The number of thiocarbonyl (C=S) groups is 1. The molecule has 0 fully saturated rings. The highest BCUT2D eigenvalue weighted by Crippen LogP contribution is 2.28. The van der Waals surface area contributed by atoms with Crippen LogP contribution in [0.15, 0.2) is 71.8 Å². The van der Waals surface area contributed by atoms with Crippen molar-refractivity contribution >= 4 is 63.8 Å². The summed E-state index contributed by atoms with van der Waals surface area (Å²) >= 11 is 12.8. The van der Waals surface area contributed by atoms with Crippen molar-refractivity contribution in [3.63, 3.8) is 0 Å². The van der Waals surface area contributed by atoms with Gasteiger partial charge >= 0.3 is 0 Å². The second-order valence-electron chi connectivity index (χ2n) is 6.84. The third-order valence-corrected chi connectivity index (χ3v) is 6.11. The molecule has 0 aliphatic rings. The van der Waals surface area contributed by atoms with Crippen LogP contribution in [0.1, 0.15) is 18.9 Å². The molecule has 1 aromatic heterocycles. The summed E-state index contributed by atoms with van der Waals surface area (Å²) in [6, 6.07) is 19.2. The zero-order valence-corrected chi connectivity index (χ0v) is 19.6. The van der Waals surface area contributed by atoms with Gasteiger partial charge in [0.05, 0.1) is 10.3 Å². The molecule has 0 spiro atoms. The lowest BCUT2D eigenvalue weighted by atomic mass is 10.2. The highest BCUT2D eigenvalue weighted by molar-refractivity contribution is 8.00. The number of aryl methyl sites for hydroxylation is 1. The number of benzene rings is 2. The molecule has 31 heavy (non-hydrogen) atoms. The van der Waals surface area contributed by atoms with Gasteiger partial charge in [-0.05, 0) is 68.0 Å². The molecule has 1 unspecified atom stereocenters. The lowest BCUT2D eigenvalue weighted by Crippen LogP contribution is -2.25. The van der Waals surface area contributed by atoms with E-state index in [2.05, 4.69) is 20.9 Å². The molecule has 3 N–H and O–H groups in total. The summed E-state index contributed by atoms with van der Waals surface area (Å²) in [5, 5.41) is 9.98. The van der Waals surface area contributed by atoms with Gasteiger partial charge in [-0.25, -0.2) is 4.98 Å². The first kappa shape index (κ1) is 23.1. The smallest absolute Gasteiger partial charge is 0.239 e. The molecule has 0 aliphatic carbocycles. The van der Waals surface area contributed by atoms with Crippen molar-refractivity contribution < 1.29 is 4.79 Å². The van der Waals surface area contributed by atoms with E-state index < -0.39 is 0 Å². The summed E-state index contributed by atoms with van der Waals surface area (Å²) < 4.78 is 0. The third-order valence-electron chi connectivity index (χ3n) is 4.32. The predicted molar refractivity (Wildman–Crippen MR) is 135 cm³/mol. The minimum absolute atomic E-state index is 0.0998. The summed E-state index contributed by atoms with van der Waals surface area (Å²) in [6.07, 6.45) is 2.18. The molecule has 160 valence electrons. The lowest BCUT2D eigenvalue weighted by molar-refractivity contribution is -0.115. The first-order valence-electron chi connectivity index (χ1n) is 9.76. The topological polar surface area (TPSA) is 66.0 Å². The number of hydrogen-bond donors (Lipinski definition) is 3. The van der Waals surface area contributed by atoms with Gasteiger partial charge in [-0.1, -0.05) is 42.3 Å². The van der Waals surface area contributed by atoms with E-state index in [1.54, 1.807) is 12.1 Å². The van der Waals surface area contributed by atoms with Gasteiger partial charge in [-0.15, -0.1) is 11.8 Å². The van der Waals surface area contributed by atoms with E-state index >= 15 is 0 Å². The number of hydrogen-bond acceptors (Lipinski definition) is 4. The fourth-order valence-electron chi connectivity index (χ4n) is 2.72. The van der Waals surface area contributed by atoms with Crippen molar-refractivity contribution in [3.8, 4) is 0 Å². The van der Waals surface area contributed by atoms with Crippen LogP contribution < -0.4 is 16.0 Å². The van der Waals surface area contributed by atoms with E-state index in [0.29, 0.717) is 22.4 Å². The second-order valence-corrected chi connectivity index (χ2v) is 8.96. The first-order chi connectivity index (χ1) is 14.9. The molecule has 2 aromatic carbocycles. The van der Waals surface area contributed by atoms with Crippen LogP contribution in [0.2, 0.25) is 5.02 Å². The van der Waals surface area contributed by atoms with E-state index in [1.165, 1.54) is 23.5 Å². The van der Waals surface area contributed by atoms with E-state index in [9.17, 15) is 4.79 Å². The van der Waals surface area contributed by atoms with Crippen molar-refractivity contribution in [2.45, 2.75) is 30.4 Å².